The van der Waals surface area contributed by atoms with E-state index in [1.807, 2.05) is 13.0 Å². The molecule has 0 saturated carbocycles. The largest absolute Gasteiger partial charge is 0.357 e. The van der Waals surface area contributed by atoms with Crippen molar-refractivity contribution in [1.29, 1.82) is 0 Å². The quantitative estimate of drug-likeness (QED) is 0.549. The second kappa shape index (κ2) is 11.1. The van der Waals surface area contributed by atoms with Crippen LogP contribution < -0.4 is 10.6 Å². The molecule has 0 aromatic heterocycles. The van der Waals surface area contributed by atoms with E-state index in [0.29, 0.717) is 18.0 Å². The highest BCUT2D eigenvalue weighted by atomic mass is 19.1. The first kappa shape index (κ1) is 20.6. The van der Waals surface area contributed by atoms with E-state index in [4.69, 9.17) is 0 Å². The Morgan fingerprint density at radius 2 is 1.81 bits per heavy atom. The number of nitrogens with zero attached hydrogens (tertiary/aromatic N) is 3. The lowest BCUT2D eigenvalue weighted by Crippen LogP contribution is -2.48. The average Bonchev–Trinajstić information content (AvgIpc) is 2.66. The van der Waals surface area contributed by atoms with Crippen LogP contribution in [0.15, 0.2) is 29.3 Å². The van der Waals surface area contributed by atoms with Crippen LogP contribution in [0.4, 0.5) is 4.39 Å². The van der Waals surface area contributed by atoms with Crippen LogP contribution in [0.25, 0.3) is 0 Å². The Labute approximate surface area is 157 Å². The molecule has 0 spiro atoms. The SMILES string of the molecule is CCNC(=NCc1ccccc1F)NCC(C)CN1CCN(CC)CC1. The number of aliphatic imine (C=N–C) groups is 1. The predicted molar refractivity (Wildman–Crippen MR) is 107 cm³/mol. The van der Waals surface area contributed by atoms with Crippen LogP contribution in [0.5, 0.6) is 0 Å². The van der Waals surface area contributed by atoms with Crippen molar-refractivity contribution in [2.75, 3.05) is 52.4 Å². The van der Waals surface area contributed by atoms with Crippen LogP contribution in [-0.2, 0) is 6.54 Å². The highest BCUT2D eigenvalue weighted by molar-refractivity contribution is 5.79. The summed E-state index contributed by atoms with van der Waals surface area (Å²) in [4.78, 5) is 9.56. The molecule has 0 aliphatic carbocycles. The standard InChI is InChI=1S/C20H34FN5/c1-4-22-20(24-15-18-8-6-7-9-19(18)21)23-14-17(3)16-26-12-10-25(5-2)11-13-26/h6-9,17H,4-5,10-16H2,1-3H3,(H2,22,23,24). The minimum absolute atomic E-state index is 0.202. The zero-order valence-corrected chi connectivity index (χ0v) is 16.5. The first-order valence-corrected chi connectivity index (χ1v) is 9.82. The van der Waals surface area contributed by atoms with Crippen molar-refractivity contribution in [2.45, 2.75) is 27.3 Å². The third-order valence-corrected chi connectivity index (χ3v) is 4.81. The van der Waals surface area contributed by atoms with E-state index >= 15 is 0 Å². The molecule has 5 nitrogen and oxygen atoms in total. The zero-order chi connectivity index (χ0) is 18.8. The molecule has 0 radical (unpaired) electrons. The molecule has 1 fully saturated rings. The summed E-state index contributed by atoms with van der Waals surface area (Å²) in [6.07, 6.45) is 0. The Balaban J connectivity index is 1.78. The monoisotopic (exact) mass is 363 g/mol. The molecule has 1 aliphatic heterocycles. The smallest absolute Gasteiger partial charge is 0.191 e. The van der Waals surface area contributed by atoms with Crippen LogP contribution in [0.2, 0.25) is 0 Å². The normalized spacial score (nSPS) is 17.9. The number of halogens is 1. The van der Waals surface area contributed by atoms with Crippen molar-refractivity contribution in [3.63, 3.8) is 0 Å². The van der Waals surface area contributed by atoms with E-state index in [-0.39, 0.29) is 5.82 Å². The lowest BCUT2D eigenvalue weighted by atomic mass is 10.1. The molecular weight excluding hydrogens is 329 g/mol. The number of hydrogen-bond donors (Lipinski definition) is 2. The fourth-order valence-corrected chi connectivity index (χ4v) is 3.20. The summed E-state index contributed by atoms with van der Waals surface area (Å²) < 4.78 is 13.7. The van der Waals surface area contributed by atoms with Gasteiger partial charge in [0.15, 0.2) is 5.96 Å². The van der Waals surface area contributed by atoms with Gasteiger partial charge in [0.1, 0.15) is 5.82 Å². The summed E-state index contributed by atoms with van der Waals surface area (Å²) in [7, 11) is 0. The molecule has 0 amide bonds. The van der Waals surface area contributed by atoms with Gasteiger partial charge in [-0.05, 0) is 25.5 Å². The lowest BCUT2D eigenvalue weighted by molar-refractivity contribution is 0.124. The van der Waals surface area contributed by atoms with Gasteiger partial charge in [0.2, 0.25) is 0 Å². The molecular formula is C20H34FN5. The maximum Gasteiger partial charge on any atom is 0.191 e. The minimum atomic E-state index is -0.202. The van der Waals surface area contributed by atoms with E-state index in [9.17, 15) is 4.39 Å². The van der Waals surface area contributed by atoms with Gasteiger partial charge in [-0.1, -0.05) is 32.0 Å². The fraction of sp³-hybridized carbons (Fsp3) is 0.650. The summed E-state index contributed by atoms with van der Waals surface area (Å²) in [5.41, 5.74) is 0.617. The Morgan fingerprint density at radius 1 is 1.12 bits per heavy atom. The number of guanidine groups is 1. The van der Waals surface area contributed by atoms with Crippen molar-refractivity contribution < 1.29 is 4.39 Å². The third-order valence-electron chi connectivity index (χ3n) is 4.81. The maximum absolute atomic E-state index is 13.7. The van der Waals surface area contributed by atoms with Gasteiger partial charge in [0.05, 0.1) is 6.54 Å². The summed E-state index contributed by atoms with van der Waals surface area (Å²) in [5.74, 6) is 1.07. The van der Waals surface area contributed by atoms with Gasteiger partial charge >= 0.3 is 0 Å². The van der Waals surface area contributed by atoms with Crippen LogP contribution in [0.3, 0.4) is 0 Å². The highest BCUT2D eigenvalue weighted by Gasteiger charge is 2.17. The first-order chi connectivity index (χ1) is 12.6. The zero-order valence-electron chi connectivity index (χ0n) is 16.5. The molecule has 1 aromatic carbocycles. The molecule has 2 N–H and O–H groups in total. The van der Waals surface area contributed by atoms with Crippen LogP contribution >= 0.6 is 0 Å². The third kappa shape index (κ3) is 6.92. The molecule has 146 valence electrons. The minimum Gasteiger partial charge on any atom is -0.357 e. The molecule has 1 aliphatic rings. The van der Waals surface area contributed by atoms with Gasteiger partial charge in [-0.2, -0.15) is 0 Å². The Hall–Kier alpha value is -1.66. The van der Waals surface area contributed by atoms with Crippen molar-refractivity contribution >= 4 is 5.96 Å². The van der Waals surface area contributed by atoms with Crippen molar-refractivity contribution in [2.24, 2.45) is 10.9 Å². The molecule has 1 saturated heterocycles. The second-order valence-corrected chi connectivity index (χ2v) is 7.01. The number of likely N-dealkylation sites (N-methyl/N-ethyl adjacent to an activating group) is 1. The van der Waals surface area contributed by atoms with Gasteiger partial charge in [-0.15, -0.1) is 0 Å². The summed E-state index contributed by atoms with van der Waals surface area (Å²) in [5, 5.41) is 6.64. The van der Waals surface area contributed by atoms with Gasteiger partial charge < -0.3 is 20.4 Å². The summed E-state index contributed by atoms with van der Waals surface area (Å²) in [6.45, 7) is 15.4. The topological polar surface area (TPSA) is 42.9 Å². The second-order valence-electron chi connectivity index (χ2n) is 7.01. The maximum atomic E-state index is 13.7. The van der Waals surface area contributed by atoms with Crippen molar-refractivity contribution in [3.05, 3.63) is 35.6 Å². The van der Waals surface area contributed by atoms with Gasteiger partial charge in [-0.3, -0.25) is 0 Å². The van der Waals surface area contributed by atoms with Crippen LogP contribution in [-0.4, -0.2) is 68.1 Å². The molecule has 6 heteroatoms. The number of hydrogen-bond acceptors (Lipinski definition) is 3. The molecule has 2 rings (SSSR count). The molecule has 1 aromatic rings. The fourth-order valence-electron chi connectivity index (χ4n) is 3.20. The number of nitrogens with one attached hydrogen (secondary N) is 2. The van der Waals surface area contributed by atoms with E-state index in [1.165, 1.54) is 19.2 Å². The van der Waals surface area contributed by atoms with E-state index < -0.39 is 0 Å². The van der Waals surface area contributed by atoms with Crippen molar-refractivity contribution in [3.8, 4) is 0 Å². The molecule has 1 heterocycles. The molecule has 1 unspecified atom stereocenters. The lowest BCUT2D eigenvalue weighted by Gasteiger charge is -2.35. The Kier molecular flexibility index (Phi) is 8.85. The molecule has 0 bridgehead atoms. The highest BCUT2D eigenvalue weighted by Crippen LogP contribution is 2.08. The van der Waals surface area contributed by atoms with E-state index in [0.717, 1.165) is 45.2 Å². The van der Waals surface area contributed by atoms with Gasteiger partial charge in [0.25, 0.3) is 0 Å². The summed E-state index contributed by atoms with van der Waals surface area (Å²) in [6, 6.07) is 6.80. The average molecular weight is 364 g/mol. The van der Waals surface area contributed by atoms with Crippen molar-refractivity contribution in [1.82, 2.24) is 20.4 Å². The van der Waals surface area contributed by atoms with Crippen LogP contribution in [0.1, 0.15) is 26.3 Å². The van der Waals surface area contributed by atoms with E-state index in [1.54, 1.807) is 12.1 Å². The van der Waals surface area contributed by atoms with E-state index in [2.05, 4.69) is 39.3 Å². The molecule has 26 heavy (non-hydrogen) atoms. The molecule has 1 atom stereocenters. The number of piperazine rings is 1. The van der Waals surface area contributed by atoms with Gasteiger partial charge in [0, 0.05) is 51.4 Å². The first-order valence-electron chi connectivity index (χ1n) is 9.82. The van der Waals surface area contributed by atoms with Gasteiger partial charge in [-0.25, -0.2) is 9.38 Å². The Bertz CT molecular complexity index is 555. The Morgan fingerprint density at radius 3 is 2.46 bits per heavy atom. The number of rotatable bonds is 8. The van der Waals surface area contributed by atoms with Crippen LogP contribution in [0, 0.1) is 11.7 Å². The predicted octanol–water partition coefficient (Wildman–Crippen LogP) is 2.15. The summed E-state index contributed by atoms with van der Waals surface area (Å²) >= 11 is 0. The number of benzene rings is 1.